The van der Waals surface area contributed by atoms with E-state index in [-0.39, 0.29) is 5.78 Å². The minimum absolute atomic E-state index is 0.0451. The van der Waals surface area contributed by atoms with Crippen molar-refractivity contribution in [1.29, 1.82) is 0 Å². The second-order valence-electron chi connectivity index (χ2n) is 8.56. The van der Waals surface area contributed by atoms with Crippen LogP contribution in [0.5, 0.6) is 0 Å². The molecule has 2 nitrogen and oxygen atoms in total. The van der Waals surface area contributed by atoms with Crippen molar-refractivity contribution in [2.24, 2.45) is 0 Å². The molecule has 0 fully saturated rings. The number of aromatic nitrogens is 1. The first-order valence-electron chi connectivity index (χ1n) is 11.5. The van der Waals surface area contributed by atoms with E-state index < -0.39 is 0 Å². The summed E-state index contributed by atoms with van der Waals surface area (Å²) in [5.41, 5.74) is 8.84. The molecule has 0 bridgehead atoms. The first-order chi connectivity index (χ1) is 16.7. The highest BCUT2D eigenvalue weighted by molar-refractivity contribution is 6.18. The van der Waals surface area contributed by atoms with E-state index in [1.54, 1.807) is 0 Å². The van der Waals surface area contributed by atoms with Crippen molar-refractivity contribution >= 4 is 22.2 Å². The van der Waals surface area contributed by atoms with Gasteiger partial charge < -0.3 is 4.40 Å². The van der Waals surface area contributed by atoms with Crippen LogP contribution in [0.1, 0.15) is 21.6 Å². The molecule has 4 aromatic carbocycles. The quantitative estimate of drug-likeness (QED) is 0.256. The SMILES string of the molecule is Cc1c(C(=O)c2ccccc2)c(-c2ccccc2)c2c(-c3ccccc3)cc3ccccc3n12. The van der Waals surface area contributed by atoms with Crippen LogP contribution in [0, 0.1) is 6.92 Å². The standard InChI is InChI=1S/C32H23NO/c1-22-29(32(34)25-17-9-4-10-18-25)30(24-15-7-3-8-16-24)31-27(23-13-5-2-6-14-23)21-26-19-11-12-20-28(26)33(22)31/h2-21H,1H3. The molecule has 6 aromatic rings. The molecule has 0 unspecified atom stereocenters. The van der Waals surface area contributed by atoms with E-state index in [4.69, 9.17) is 0 Å². The number of carbonyl (C=O) groups is 1. The fourth-order valence-corrected chi connectivity index (χ4v) is 5.02. The van der Waals surface area contributed by atoms with Crippen molar-refractivity contribution in [1.82, 2.24) is 4.40 Å². The molecular weight excluding hydrogens is 414 g/mol. The van der Waals surface area contributed by atoms with Gasteiger partial charge in [0.05, 0.1) is 16.6 Å². The van der Waals surface area contributed by atoms with Gasteiger partial charge in [-0.15, -0.1) is 0 Å². The zero-order valence-corrected chi connectivity index (χ0v) is 18.9. The molecule has 0 aliphatic rings. The Morgan fingerprint density at radius 3 is 1.88 bits per heavy atom. The van der Waals surface area contributed by atoms with Crippen LogP contribution in [0.4, 0.5) is 0 Å². The van der Waals surface area contributed by atoms with Crippen molar-refractivity contribution in [3.63, 3.8) is 0 Å². The van der Waals surface area contributed by atoms with Gasteiger partial charge in [0.2, 0.25) is 0 Å². The molecule has 0 aliphatic carbocycles. The lowest BCUT2D eigenvalue weighted by atomic mass is 9.92. The maximum atomic E-state index is 14.0. The van der Waals surface area contributed by atoms with Gasteiger partial charge in [-0.2, -0.15) is 0 Å². The van der Waals surface area contributed by atoms with E-state index in [1.807, 2.05) is 54.6 Å². The number of hydrogen-bond acceptors (Lipinski definition) is 1. The molecule has 162 valence electrons. The third-order valence-electron chi connectivity index (χ3n) is 6.55. The third-order valence-corrected chi connectivity index (χ3v) is 6.55. The van der Waals surface area contributed by atoms with Gasteiger partial charge in [0.1, 0.15) is 0 Å². The fraction of sp³-hybridized carbons (Fsp3) is 0.0312. The number of carbonyl (C=O) groups excluding carboxylic acids is 1. The largest absolute Gasteiger partial charge is 0.312 e. The Kier molecular flexibility index (Phi) is 4.85. The Labute approximate surface area is 198 Å². The van der Waals surface area contributed by atoms with Crippen LogP contribution in [0.3, 0.4) is 0 Å². The molecule has 2 heterocycles. The molecule has 0 spiro atoms. The number of hydrogen-bond donors (Lipinski definition) is 0. The summed E-state index contributed by atoms with van der Waals surface area (Å²) in [6, 6.07) is 41.0. The molecule has 0 amide bonds. The maximum absolute atomic E-state index is 14.0. The molecule has 0 N–H and O–H groups in total. The monoisotopic (exact) mass is 437 g/mol. The van der Waals surface area contributed by atoms with Gasteiger partial charge in [0, 0.05) is 22.4 Å². The fourth-order valence-electron chi connectivity index (χ4n) is 5.02. The summed E-state index contributed by atoms with van der Waals surface area (Å²) in [5, 5.41) is 1.14. The predicted octanol–water partition coefficient (Wildman–Crippen LogP) is 7.97. The van der Waals surface area contributed by atoms with Crippen LogP contribution in [-0.2, 0) is 0 Å². The van der Waals surface area contributed by atoms with E-state index in [0.717, 1.165) is 49.9 Å². The van der Waals surface area contributed by atoms with E-state index in [1.165, 1.54) is 0 Å². The molecule has 0 saturated heterocycles. The van der Waals surface area contributed by atoms with Crippen LogP contribution in [0.2, 0.25) is 0 Å². The van der Waals surface area contributed by atoms with Crippen molar-refractivity contribution in [2.75, 3.05) is 0 Å². The zero-order valence-electron chi connectivity index (χ0n) is 18.9. The molecule has 0 saturated carbocycles. The first-order valence-corrected chi connectivity index (χ1v) is 11.5. The highest BCUT2D eigenvalue weighted by atomic mass is 16.1. The summed E-state index contributed by atoms with van der Waals surface area (Å²) < 4.78 is 2.27. The lowest BCUT2D eigenvalue weighted by molar-refractivity contribution is 0.103. The summed E-state index contributed by atoms with van der Waals surface area (Å²) in [6.45, 7) is 2.07. The second kappa shape index (κ2) is 8.17. The number of para-hydroxylation sites is 1. The van der Waals surface area contributed by atoms with E-state index >= 15 is 0 Å². The molecule has 2 aromatic heterocycles. The number of rotatable bonds is 4. The Morgan fingerprint density at radius 1 is 0.647 bits per heavy atom. The molecule has 6 rings (SSSR count). The molecule has 0 radical (unpaired) electrons. The Morgan fingerprint density at radius 2 is 1.21 bits per heavy atom. The summed E-state index contributed by atoms with van der Waals surface area (Å²) in [5.74, 6) is 0.0451. The lowest BCUT2D eigenvalue weighted by Crippen LogP contribution is -2.04. The second-order valence-corrected chi connectivity index (χ2v) is 8.56. The lowest BCUT2D eigenvalue weighted by Gasteiger charge is -2.13. The normalized spacial score (nSPS) is 11.2. The van der Waals surface area contributed by atoms with Gasteiger partial charge in [-0.25, -0.2) is 0 Å². The molecular formula is C32H23NO. The number of aryl methyl sites for hydroxylation is 1. The topological polar surface area (TPSA) is 21.5 Å². The predicted molar refractivity (Wildman–Crippen MR) is 140 cm³/mol. The average molecular weight is 438 g/mol. The van der Waals surface area contributed by atoms with Gasteiger partial charge in [-0.05, 0) is 35.6 Å². The van der Waals surface area contributed by atoms with Crippen LogP contribution in [-0.4, -0.2) is 10.2 Å². The Hall–Kier alpha value is -4.43. The smallest absolute Gasteiger partial charge is 0.195 e. The van der Waals surface area contributed by atoms with E-state index in [0.29, 0.717) is 5.56 Å². The van der Waals surface area contributed by atoms with E-state index in [9.17, 15) is 4.79 Å². The van der Waals surface area contributed by atoms with Crippen LogP contribution in [0.25, 0.3) is 38.7 Å². The minimum atomic E-state index is 0.0451. The number of ketones is 1. The van der Waals surface area contributed by atoms with Crippen molar-refractivity contribution < 1.29 is 4.79 Å². The highest BCUT2D eigenvalue weighted by Gasteiger charge is 2.26. The third kappa shape index (κ3) is 3.15. The highest BCUT2D eigenvalue weighted by Crippen LogP contribution is 2.42. The summed E-state index contributed by atoms with van der Waals surface area (Å²) in [7, 11) is 0. The Balaban J connectivity index is 1.83. The Bertz CT molecular complexity index is 1650. The number of nitrogens with zero attached hydrogens (tertiary/aromatic N) is 1. The van der Waals surface area contributed by atoms with Gasteiger partial charge >= 0.3 is 0 Å². The zero-order chi connectivity index (χ0) is 23.1. The van der Waals surface area contributed by atoms with Crippen LogP contribution in [0.15, 0.2) is 121 Å². The van der Waals surface area contributed by atoms with Crippen molar-refractivity contribution in [3.05, 3.63) is 138 Å². The molecule has 0 atom stereocenters. The van der Waals surface area contributed by atoms with Gasteiger partial charge in [-0.1, -0.05) is 109 Å². The van der Waals surface area contributed by atoms with Crippen molar-refractivity contribution in [3.8, 4) is 22.3 Å². The van der Waals surface area contributed by atoms with Crippen LogP contribution < -0.4 is 0 Å². The van der Waals surface area contributed by atoms with Gasteiger partial charge in [-0.3, -0.25) is 4.79 Å². The number of pyridine rings is 1. The average Bonchev–Trinajstić information content (AvgIpc) is 3.22. The molecule has 0 aliphatic heterocycles. The summed E-state index contributed by atoms with van der Waals surface area (Å²) >= 11 is 0. The molecule has 34 heavy (non-hydrogen) atoms. The van der Waals surface area contributed by atoms with Crippen molar-refractivity contribution in [2.45, 2.75) is 6.92 Å². The minimum Gasteiger partial charge on any atom is -0.312 e. The van der Waals surface area contributed by atoms with Crippen LogP contribution >= 0.6 is 0 Å². The molecule has 2 heteroatoms. The number of fused-ring (bicyclic) bond motifs is 3. The maximum Gasteiger partial charge on any atom is 0.195 e. The summed E-state index contributed by atoms with van der Waals surface area (Å²) in [4.78, 5) is 14.0. The number of benzene rings is 4. The van der Waals surface area contributed by atoms with E-state index in [2.05, 4.69) is 78.1 Å². The first kappa shape index (κ1) is 20.2. The van der Waals surface area contributed by atoms with Gasteiger partial charge in [0.15, 0.2) is 5.78 Å². The summed E-state index contributed by atoms with van der Waals surface area (Å²) in [6.07, 6.45) is 0. The van der Waals surface area contributed by atoms with Gasteiger partial charge in [0.25, 0.3) is 0 Å².